The third kappa shape index (κ3) is 8.93. The lowest BCUT2D eigenvalue weighted by Crippen LogP contribution is -2.36. The third-order valence-electron chi connectivity index (χ3n) is 4.17. The highest BCUT2D eigenvalue weighted by Crippen LogP contribution is 2.17. The first-order valence-corrected chi connectivity index (χ1v) is 8.47. The van der Waals surface area contributed by atoms with Gasteiger partial charge >= 0.3 is 0 Å². The predicted octanol–water partition coefficient (Wildman–Crippen LogP) is 3.29. The Labute approximate surface area is 126 Å². The standard InChI is InChI=1S/C17H36N2O/c1-17(2,3)18-11-7-5-6-8-12-19-13-9-16(10-14-19)15-20-4/h16,18H,5-15H2,1-4H3. The van der Waals surface area contributed by atoms with Gasteiger partial charge in [0.25, 0.3) is 0 Å². The van der Waals surface area contributed by atoms with Crippen LogP contribution < -0.4 is 5.32 Å². The molecule has 0 aliphatic carbocycles. The van der Waals surface area contributed by atoms with E-state index in [1.54, 1.807) is 0 Å². The molecule has 0 amide bonds. The van der Waals surface area contributed by atoms with Crippen molar-refractivity contribution < 1.29 is 4.74 Å². The minimum Gasteiger partial charge on any atom is -0.384 e. The SMILES string of the molecule is COCC1CCN(CCCCCCNC(C)(C)C)CC1. The quantitative estimate of drug-likeness (QED) is 0.658. The molecule has 120 valence electrons. The summed E-state index contributed by atoms with van der Waals surface area (Å²) in [6.07, 6.45) is 8.07. The summed E-state index contributed by atoms with van der Waals surface area (Å²) < 4.78 is 5.25. The molecule has 1 saturated heterocycles. The molecule has 0 unspecified atom stereocenters. The number of nitrogens with zero attached hydrogens (tertiary/aromatic N) is 1. The van der Waals surface area contributed by atoms with Crippen molar-refractivity contribution >= 4 is 0 Å². The Morgan fingerprint density at radius 1 is 1.05 bits per heavy atom. The second-order valence-electron chi connectivity index (χ2n) is 7.33. The van der Waals surface area contributed by atoms with E-state index in [0.717, 1.165) is 19.1 Å². The molecule has 1 heterocycles. The van der Waals surface area contributed by atoms with Crippen molar-refractivity contribution in [1.29, 1.82) is 0 Å². The van der Waals surface area contributed by atoms with Gasteiger partial charge in [-0.15, -0.1) is 0 Å². The van der Waals surface area contributed by atoms with Crippen LogP contribution in [0.15, 0.2) is 0 Å². The molecule has 3 heteroatoms. The first-order chi connectivity index (χ1) is 9.51. The maximum absolute atomic E-state index is 5.25. The zero-order valence-corrected chi connectivity index (χ0v) is 14.2. The molecular weight excluding hydrogens is 248 g/mol. The molecule has 20 heavy (non-hydrogen) atoms. The molecule has 0 bridgehead atoms. The van der Waals surface area contributed by atoms with Crippen molar-refractivity contribution in [1.82, 2.24) is 10.2 Å². The molecular formula is C17H36N2O. The maximum Gasteiger partial charge on any atom is 0.0491 e. The summed E-state index contributed by atoms with van der Waals surface area (Å²) in [5, 5.41) is 3.56. The van der Waals surface area contributed by atoms with Gasteiger partial charge in [0.2, 0.25) is 0 Å². The molecule has 1 N–H and O–H groups in total. The molecule has 1 fully saturated rings. The van der Waals surface area contributed by atoms with Gasteiger partial charge in [-0.25, -0.2) is 0 Å². The Morgan fingerprint density at radius 2 is 1.70 bits per heavy atom. The second kappa shape index (κ2) is 9.75. The molecule has 3 nitrogen and oxygen atoms in total. The van der Waals surface area contributed by atoms with Crippen molar-refractivity contribution in [3.8, 4) is 0 Å². The van der Waals surface area contributed by atoms with Crippen molar-refractivity contribution in [2.24, 2.45) is 5.92 Å². The van der Waals surface area contributed by atoms with Crippen LogP contribution in [-0.2, 0) is 4.74 Å². The van der Waals surface area contributed by atoms with E-state index in [0.29, 0.717) is 0 Å². The van der Waals surface area contributed by atoms with Gasteiger partial charge in [0.05, 0.1) is 0 Å². The van der Waals surface area contributed by atoms with Crippen LogP contribution in [0.25, 0.3) is 0 Å². The average Bonchev–Trinajstić information content (AvgIpc) is 2.38. The fraction of sp³-hybridized carbons (Fsp3) is 1.00. The Morgan fingerprint density at radius 3 is 2.30 bits per heavy atom. The number of hydrogen-bond donors (Lipinski definition) is 1. The number of unbranched alkanes of at least 4 members (excludes halogenated alkanes) is 3. The van der Waals surface area contributed by atoms with E-state index in [1.165, 1.54) is 58.2 Å². The van der Waals surface area contributed by atoms with Gasteiger partial charge in [-0.1, -0.05) is 12.8 Å². The summed E-state index contributed by atoms with van der Waals surface area (Å²) in [6.45, 7) is 12.7. The van der Waals surface area contributed by atoms with E-state index in [-0.39, 0.29) is 5.54 Å². The van der Waals surface area contributed by atoms with Gasteiger partial charge in [-0.3, -0.25) is 0 Å². The molecule has 0 aromatic rings. The smallest absolute Gasteiger partial charge is 0.0491 e. The monoisotopic (exact) mass is 284 g/mol. The molecule has 0 atom stereocenters. The van der Waals surface area contributed by atoms with E-state index in [4.69, 9.17) is 4.74 Å². The van der Waals surface area contributed by atoms with E-state index in [2.05, 4.69) is 31.0 Å². The van der Waals surface area contributed by atoms with Crippen LogP contribution in [0.4, 0.5) is 0 Å². The molecule has 0 saturated carbocycles. The van der Waals surface area contributed by atoms with Gasteiger partial charge in [0.15, 0.2) is 0 Å². The molecule has 0 spiro atoms. The number of methoxy groups -OCH3 is 1. The molecule has 0 aromatic carbocycles. The molecule has 1 rings (SSSR count). The highest BCUT2D eigenvalue weighted by atomic mass is 16.5. The summed E-state index contributed by atoms with van der Waals surface area (Å²) in [6, 6.07) is 0. The minimum atomic E-state index is 0.270. The van der Waals surface area contributed by atoms with Crippen molar-refractivity contribution in [2.75, 3.05) is 39.9 Å². The van der Waals surface area contributed by atoms with Gasteiger partial charge in [-0.2, -0.15) is 0 Å². The van der Waals surface area contributed by atoms with Gasteiger partial charge < -0.3 is 15.0 Å². The van der Waals surface area contributed by atoms with Crippen molar-refractivity contribution in [2.45, 2.75) is 64.8 Å². The normalized spacial score (nSPS) is 18.6. The zero-order valence-electron chi connectivity index (χ0n) is 14.2. The minimum absolute atomic E-state index is 0.270. The summed E-state index contributed by atoms with van der Waals surface area (Å²) in [5.74, 6) is 0.805. The fourth-order valence-electron chi connectivity index (χ4n) is 2.89. The Kier molecular flexibility index (Phi) is 8.74. The van der Waals surface area contributed by atoms with Crippen molar-refractivity contribution in [3.63, 3.8) is 0 Å². The van der Waals surface area contributed by atoms with Crippen LogP contribution in [0.3, 0.4) is 0 Å². The predicted molar refractivity (Wildman–Crippen MR) is 87.3 cm³/mol. The van der Waals surface area contributed by atoms with Gasteiger partial charge in [0, 0.05) is 19.3 Å². The number of likely N-dealkylation sites (tertiary alicyclic amines) is 1. The lowest BCUT2D eigenvalue weighted by atomic mass is 9.97. The van der Waals surface area contributed by atoms with Crippen LogP contribution in [0.2, 0.25) is 0 Å². The van der Waals surface area contributed by atoms with Crippen molar-refractivity contribution in [3.05, 3.63) is 0 Å². The highest BCUT2D eigenvalue weighted by Gasteiger charge is 2.18. The summed E-state index contributed by atoms with van der Waals surface area (Å²) >= 11 is 0. The van der Waals surface area contributed by atoms with E-state index >= 15 is 0 Å². The van der Waals surface area contributed by atoms with Crippen LogP contribution in [0.1, 0.15) is 59.3 Å². The maximum atomic E-state index is 5.25. The van der Waals surface area contributed by atoms with Crippen LogP contribution in [-0.4, -0.2) is 50.3 Å². The number of nitrogens with one attached hydrogen (secondary N) is 1. The number of rotatable bonds is 9. The summed E-state index contributed by atoms with van der Waals surface area (Å²) in [4.78, 5) is 2.64. The lowest BCUT2D eigenvalue weighted by molar-refractivity contribution is 0.0988. The van der Waals surface area contributed by atoms with Gasteiger partial charge in [0.1, 0.15) is 0 Å². The third-order valence-corrected chi connectivity index (χ3v) is 4.17. The Hall–Kier alpha value is -0.120. The number of piperidine rings is 1. The topological polar surface area (TPSA) is 24.5 Å². The molecule has 0 aromatic heterocycles. The first kappa shape index (κ1) is 17.9. The zero-order chi connectivity index (χ0) is 14.8. The number of hydrogen-bond acceptors (Lipinski definition) is 3. The molecule has 1 aliphatic heterocycles. The second-order valence-corrected chi connectivity index (χ2v) is 7.33. The van der Waals surface area contributed by atoms with Crippen LogP contribution >= 0.6 is 0 Å². The first-order valence-electron chi connectivity index (χ1n) is 8.47. The van der Waals surface area contributed by atoms with E-state index in [1.807, 2.05) is 7.11 Å². The van der Waals surface area contributed by atoms with E-state index in [9.17, 15) is 0 Å². The largest absolute Gasteiger partial charge is 0.384 e. The average molecular weight is 284 g/mol. The highest BCUT2D eigenvalue weighted by molar-refractivity contribution is 4.72. The molecule has 1 aliphatic rings. The van der Waals surface area contributed by atoms with Crippen LogP contribution in [0.5, 0.6) is 0 Å². The number of ether oxygens (including phenoxy) is 1. The Balaban J connectivity index is 1.90. The molecule has 0 radical (unpaired) electrons. The lowest BCUT2D eigenvalue weighted by Gasteiger charge is -2.31. The Bertz CT molecular complexity index is 230. The summed E-state index contributed by atoms with van der Waals surface area (Å²) in [7, 11) is 1.82. The van der Waals surface area contributed by atoms with Gasteiger partial charge in [-0.05, 0) is 78.6 Å². The summed E-state index contributed by atoms with van der Waals surface area (Å²) in [5.41, 5.74) is 0.270. The van der Waals surface area contributed by atoms with Crippen LogP contribution in [0, 0.1) is 5.92 Å². The van der Waals surface area contributed by atoms with E-state index < -0.39 is 0 Å². The fourth-order valence-corrected chi connectivity index (χ4v) is 2.89.